The van der Waals surface area contributed by atoms with Crippen molar-refractivity contribution in [3.8, 4) is 0 Å². The molecule has 2 aliphatic heterocycles. The van der Waals surface area contributed by atoms with Crippen molar-refractivity contribution in [2.75, 3.05) is 19.8 Å². The van der Waals surface area contributed by atoms with Gasteiger partial charge in [0.15, 0.2) is 12.6 Å². The Labute approximate surface area is 522 Å². The lowest BCUT2D eigenvalue weighted by Gasteiger charge is -2.46. The third-order valence-corrected chi connectivity index (χ3v) is 16.5. The Morgan fingerprint density at radius 2 is 0.814 bits per heavy atom. The van der Waals surface area contributed by atoms with Crippen molar-refractivity contribution in [3.63, 3.8) is 0 Å². The van der Waals surface area contributed by atoms with Crippen molar-refractivity contribution in [3.05, 3.63) is 85.1 Å². The lowest BCUT2D eigenvalue weighted by molar-refractivity contribution is -0.359. The van der Waals surface area contributed by atoms with Gasteiger partial charge in [-0.25, -0.2) is 0 Å². The fourth-order valence-corrected chi connectivity index (χ4v) is 11.0. The first-order valence-electron chi connectivity index (χ1n) is 34.8. The second-order valence-electron chi connectivity index (χ2n) is 24.3. The highest BCUT2D eigenvalue weighted by Crippen LogP contribution is 2.30. The van der Waals surface area contributed by atoms with E-state index in [4.69, 9.17) is 18.9 Å². The van der Waals surface area contributed by atoms with Crippen molar-refractivity contribution in [1.82, 2.24) is 5.32 Å². The molecule has 1 amide bonds. The van der Waals surface area contributed by atoms with Crippen molar-refractivity contribution in [1.29, 1.82) is 0 Å². The van der Waals surface area contributed by atoms with Gasteiger partial charge in [-0.1, -0.05) is 266 Å². The third kappa shape index (κ3) is 40.0. The van der Waals surface area contributed by atoms with E-state index in [1.54, 1.807) is 6.08 Å². The number of ether oxygens (including phenoxy) is 4. The van der Waals surface area contributed by atoms with E-state index in [0.29, 0.717) is 12.8 Å². The Morgan fingerprint density at radius 3 is 1.28 bits per heavy atom. The first kappa shape index (κ1) is 79.3. The summed E-state index contributed by atoms with van der Waals surface area (Å²) in [7, 11) is 0. The normalized spacial score (nSPS) is 23.9. The molecular formula is C72H127NO13. The first-order valence-corrected chi connectivity index (χ1v) is 34.8. The maximum absolute atomic E-state index is 13.3. The second kappa shape index (κ2) is 56.2. The molecule has 12 unspecified atom stereocenters. The molecule has 0 aromatic carbocycles. The Hall–Kier alpha value is -2.83. The SMILES string of the molecule is CC/C=C\C/C=C\C/C=C\C/C=C\CCCCCCCCCCCCCCCCC(=O)NC(COC1OC(CO)C(OC2OC(CO)C(O)C(O)C2O)C(O)C1O)C(O)/C=C/CC/C=C/CC/C=C/CCCCCCCCCCCCCCCCC. The Morgan fingerprint density at radius 1 is 0.430 bits per heavy atom. The zero-order valence-electron chi connectivity index (χ0n) is 54.0. The van der Waals surface area contributed by atoms with Crippen LogP contribution in [-0.4, -0.2) is 140 Å². The van der Waals surface area contributed by atoms with Gasteiger partial charge in [-0.15, -0.1) is 0 Å². The number of unbranched alkanes of at least 4 members (excludes halogenated alkanes) is 31. The summed E-state index contributed by atoms with van der Waals surface area (Å²) in [6.07, 6.45) is 60.6. The molecule has 0 saturated carbocycles. The number of carbonyl (C=O) groups excluding carboxylic acids is 1. The highest BCUT2D eigenvalue weighted by atomic mass is 16.7. The molecule has 0 radical (unpaired) electrons. The maximum atomic E-state index is 13.3. The van der Waals surface area contributed by atoms with Crippen LogP contribution in [0.25, 0.3) is 0 Å². The number of aliphatic hydroxyl groups excluding tert-OH is 8. The molecule has 14 heteroatoms. The van der Waals surface area contributed by atoms with Crippen LogP contribution in [0.1, 0.15) is 271 Å². The number of rotatable bonds is 56. The predicted octanol–water partition coefficient (Wildman–Crippen LogP) is 14.0. The first-order chi connectivity index (χ1) is 42.1. The van der Waals surface area contributed by atoms with Gasteiger partial charge in [-0.3, -0.25) is 4.79 Å². The Kier molecular flexibility index (Phi) is 51.8. The van der Waals surface area contributed by atoms with E-state index in [1.807, 2.05) is 6.08 Å². The van der Waals surface area contributed by atoms with Gasteiger partial charge in [0.25, 0.3) is 0 Å². The molecule has 14 nitrogen and oxygen atoms in total. The van der Waals surface area contributed by atoms with Crippen molar-refractivity contribution < 1.29 is 64.6 Å². The molecule has 2 rings (SSSR count). The summed E-state index contributed by atoms with van der Waals surface area (Å²) >= 11 is 0. The predicted molar refractivity (Wildman–Crippen MR) is 350 cm³/mol. The summed E-state index contributed by atoms with van der Waals surface area (Å²) in [5.41, 5.74) is 0. The molecule has 0 aromatic heterocycles. The summed E-state index contributed by atoms with van der Waals surface area (Å²) < 4.78 is 22.8. The van der Waals surface area contributed by atoms with Crippen LogP contribution in [0.3, 0.4) is 0 Å². The van der Waals surface area contributed by atoms with Gasteiger partial charge < -0.3 is 65.1 Å². The van der Waals surface area contributed by atoms with Crippen LogP contribution in [0.4, 0.5) is 0 Å². The van der Waals surface area contributed by atoms with Crippen molar-refractivity contribution in [2.45, 2.75) is 344 Å². The zero-order valence-corrected chi connectivity index (χ0v) is 54.0. The van der Waals surface area contributed by atoms with Gasteiger partial charge in [0, 0.05) is 6.42 Å². The molecule has 2 heterocycles. The van der Waals surface area contributed by atoms with E-state index in [-0.39, 0.29) is 18.9 Å². The minimum atomic E-state index is -1.80. The fourth-order valence-electron chi connectivity index (χ4n) is 11.0. The van der Waals surface area contributed by atoms with Gasteiger partial charge in [-0.05, 0) is 83.5 Å². The monoisotopic (exact) mass is 1210 g/mol. The van der Waals surface area contributed by atoms with Crippen LogP contribution in [0.15, 0.2) is 85.1 Å². The number of nitrogens with one attached hydrogen (secondary N) is 1. The molecule has 498 valence electrons. The van der Waals surface area contributed by atoms with Crippen molar-refractivity contribution >= 4 is 5.91 Å². The van der Waals surface area contributed by atoms with Gasteiger partial charge in [0.05, 0.1) is 32.0 Å². The molecule has 2 saturated heterocycles. The van der Waals surface area contributed by atoms with E-state index in [0.717, 1.165) is 70.6 Å². The van der Waals surface area contributed by atoms with E-state index < -0.39 is 86.8 Å². The number of allylic oxidation sites excluding steroid dienone is 13. The molecule has 2 aliphatic rings. The highest BCUT2D eigenvalue weighted by Gasteiger charge is 2.51. The average molecular weight is 1210 g/mol. The van der Waals surface area contributed by atoms with Crippen LogP contribution in [0, 0.1) is 0 Å². The van der Waals surface area contributed by atoms with Crippen molar-refractivity contribution in [2.24, 2.45) is 0 Å². The summed E-state index contributed by atoms with van der Waals surface area (Å²) in [5.74, 6) is -0.255. The standard InChI is InChI=1S/C72H127NO13/c1-3-5-7-9-11-13-15-17-19-21-23-25-27-29-30-32-34-36-38-40-42-44-46-48-50-52-54-56-64(77)73-60(59-83-71-69(82)67(80)70(63(58-75)85-71)86-72-68(81)66(79)65(78)62(57-74)84-72)61(76)55-53-51-49-47-45-43-41-39-37-35-33-31-28-26-24-22-20-18-16-14-12-10-8-6-4-2/h5,7,11,13,17,19,23,25,37,39,45,47,53,55,60-63,65-72,74-76,78-82H,3-4,6,8-10,12,14-16,18,20-22,24,26-36,38,40-44,46,48-52,54,56-59H2,1-2H3,(H,73,77)/b7-5-,13-11-,19-17-,25-23-,39-37+,47-45+,55-53+. The van der Waals surface area contributed by atoms with E-state index >= 15 is 0 Å². The topological polar surface area (TPSA) is 228 Å². The Bertz CT molecular complexity index is 1770. The molecule has 0 bridgehead atoms. The molecule has 0 aromatic rings. The van der Waals surface area contributed by atoms with E-state index in [9.17, 15) is 45.6 Å². The van der Waals surface area contributed by atoms with Crippen LogP contribution >= 0.6 is 0 Å². The van der Waals surface area contributed by atoms with Gasteiger partial charge in [0.2, 0.25) is 5.91 Å². The molecule has 86 heavy (non-hydrogen) atoms. The average Bonchev–Trinajstić information content (AvgIpc) is 2.53. The summed E-state index contributed by atoms with van der Waals surface area (Å²) in [6.45, 7) is 2.69. The lowest BCUT2D eigenvalue weighted by atomic mass is 9.97. The molecule has 9 N–H and O–H groups in total. The molecular weight excluding hydrogens is 1090 g/mol. The lowest BCUT2D eigenvalue weighted by Crippen LogP contribution is -2.65. The van der Waals surface area contributed by atoms with Crippen LogP contribution in [0.5, 0.6) is 0 Å². The molecule has 0 spiro atoms. The molecule has 2 fully saturated rings. The fraction of sp³-hybridized carbons (Fsp3) is 0.792. The van der Waals surface area contributed by atoms with E-state index in [1.165, 1.54) is 167 Å². The largest absolute Gasteiger partial charge is 0.394 e. The minimum Gasteiger partial charge on any atom is -0.394 e. The summed E-state index contributed by atoms with van der Waals surface area (Å²) in [5, 5.41) is 87.4. The quantitative estimate of drug-likeness (QED) is 0.0204. The number of hydrogen-bond donors (Lipinski definition) is 9. The number of amides is 1. The Balaban J connectivity index is 1.71. The minimum absolute atomic E-state index is 0.255. The van der Waals surface area contributed by atoms with Gasteiger partial charge >= 0.3 is 0 Å². The van der Waals surface area contributed by atoms with Gasteiger partial charge in [-0.2, -0.15) is 0 Å². The van der Waals surface area contributed by atoms with Crippen LogP contribution < -0.4 is 5.32 Å². The van der Waals surface area contributed by atoms with E-state index in [2.05, 4.69) is 92.1 Å². The number of hydrogen-bond acceptors (Lipinski definition) is 13. The third-order valence-electron chi connectivity index (χ3n) is 16.5. The molecule has 12 atom stereocenters. The number of carbonyl (C=O) groups is 1. The van der Waals surface area contributed by atoms with Crippen LogP contribution in [-0.2, 0) is 23.7 Å². The molecule has 0 aliphatic carbocycles. The van der Waals surface area contributed by atoms with Crippen LogP contribution in [0.2, 0.25) is 0 Å². The smallest absolute Gasteiger partial charge is 0.220 e. The zero-order chi connectivity index (χ0) is 62.3. The highest BCUT2D eigenvalue weighted by molar-refractivity contribution is 5.76. The number of aliphatic hydroxyl groups is 8. The van der Waals surface area contributed by atoms with Gasteiger partial charge in [0.1, 0.15) is 48.8 Å². The second-order valence-corrected chi connectivity index (χ2v) is 24.3. The summed E-state index contributed by atoms with van der Waals surface area (Å²) in [4.78, 5) is 13.3. The maximum Gasteiger partial charge on any atom is 0.220 e. The summed E-state index contributed by atoms with van der Waals surface area (Å²) in [6, 6.07) is -0.944.